The van der Waals surface area contributed by atoms with Gasteiger partial charge in [0, 0.05) is 35.9 Å². The zero-order chi connectivity index (χ0) is 15.6. The Morgan fingerprint density at radius 3 is 2.83 bits per heavy atom. The highest BCUT2D eigenvalue weighted by atomic mass is 16.3. The van der Waals surface area contributed by atoms with Crippen LogP contribution in [0.1, 0.15) is 30.0 Å². The van der Waals surface area contributed by atoms with Gasteiger partial charge >= 0.3 is 0 Å². The second-order valence-electron chi connectivity index (χ2n) is 6.20. The molecule has 3 aromatic rings. The molecule has 1 aromatic heterocycles. The minimum Gasteiger partial charge on any atom is -0.508 e. The van der Waals surface area contributed by atoms with Crippen LogP contribution in [-0.2, 0) is 6.54 Å². The maximum Gasteiger partial charge on any atom is 0.120 e. The maximum atomic E-state index is 10.4. The molecule has 0 unspecified atom stereocenters. The molecule has 23 heavy (non-hydrogen) atoms. The van der Waals surface area contributed by atoms with Gasteiger partial charge in [0.25, 0.3) is 0 Å². The van der Waals surface area contributed by atoms with Crippen LogP contribution in [0.5, 0.6) is 5.75 Å². The fraction of sp³-hybridized carbons (Fsp3) is 0.250. The Kier molecular flexibility index (Phi) is 3.72. The lowest BCUT2D eigenvalue weighted by Crippen LogP contribution is -2.23. The van der Waals surface area contributed by atoms with Gasteiger partial charge in [-0.05, 0) is 42.5 Å². The van der Waals surface area contributed by atoms with E-state index in [4.69, 9.17) is 0 Å². The number of phenols is 1. The van der Waals surface area contributed by atoms with Gasteiger partial charge in [0.1, 0.15) is 5.75 Å². The Morgan fingerprint density at radius 2 is 1.96 bits per heavy atom. The van der Waals surface area contributed by atoms with Crippen molar-refractivity contribution in [2.75, 3.05) is 6.54 Å². The lowest BCUT2D eigenvalue weighted by Gasteiger charge is -2.25. The van der Waals surface area contributed by atoms with Crippen molar-refractivity contribution in [3.05, 3.63) is 72.1 Å². The van der Waals surface area contributed by atoms with Crippen molar-refractivity contribution in [1.29, 1.82) is 0 Å². The van der Waals surface area contributed by atoms with Crippen LogP contribution in [0, 0.1) is 0 Å². The molecule has 0 aliphatic carbocycles. The van der Waals surface area contributed by atoms with Gasteiger partial charge in [-0.25, -0.2) is 0 Å². The molecule has 1 N–H and O–H groups in total. The van der Waals surface area contributed by atoms with Crippen molar-refractivity contribution in [3.63, 3.8) is 0 Å². The summed E-state index contributed by atoms with van der Waals surface area (Å²) < 4.78 is 0. The molecule has 1 fully saturated rings. The summed E-state index contributed by atoms with van der Waals surface area (Å²) in [5.41, 5.74) is 2.35. The predicted octanol–water partition coefficient (Wildman–Crippen LogP) is 4.28. The number of aromatic nitrogens is 1. The number of phenolic OH excluding ortho intramolecular Hbond substituents is 1. The normalized spacial score (nSPS) is 18.5. The van der Waals surface area contributed by atoms with Crippen LogP contribution in [-0.4, -0.2) is 21.5 Å². The molecule has 0 amide bonds. The summed E-state index contributed by atoms with van der Waals surface area (Å²) in [7, 11) is 0. The fourth-order valence-electron chi connectivity index (χ4n) is 3.65. The van der Waals surface area contributed by atoms with Crippen LogP contribution in [0.2, 0.25) is 0 Å². The quantitative estimate of drug-likeness (QED) is 0.784. The average molecular weight is 304 g/mol. The number of nitrogens with zero attached hydrogens (tertiary/aromatic N) is 2. The van der Waals surface area contributed by atoms with Crippen molar-refractivity contribution in [2.45, 2.75) is 25.4 Å². The summed E-state index contributed by atoms with van der Waals surface area (Å²) in [6.45, 7) is 1.82. The lowest BCUT2D eigenvalue weighted by molar-refractivity contribution is 0.246. The second kappa shape index (κ2) is 6.01. The van der Waals surface area contributed by atoms with Crippen LogP contribution in [0.3, 0.4) is 0 Å². The Hall–Kier alpha value is -2.39. The van der Waals surface area contributed by atoms with E-state index < -0.39 is 0 Å². The Bertz CT molecular complexity index is 816. The summed E-state index contributed by atoms with van der Waals surface area (Å²) in [4.78, 5) is 6.71. The van der Waals surface area contributed by atoms with Gasteiger partial charge < -0.3 is 5.11 Å². The first-order valence-electron chi connectivity index (χ1n) is 8.16. The molecule has 3 nitrogen and oxygen atoms in total. The maximum absolute atomic E-state index is 10.4. The summed E-state index contributed by atoms with van der Waals surface area (Å²) >= 11 is 0. The molecule has 4 rings (SSSR count). The van der Waals surface area contributed by atoms with Crippen molar-refractivity contribution in [3.8, 4) is 5.75 Å². The number of hydrogen-bond acceptors (Lipinski definition) is 3. The van der Waals surface area contributed by atoms with Crippen molar-refractivity contribution in [1.82, 2.24) is 9.88 Å². The number of rotatable bonds is 3. The molecule has 3 heteroatoms. The van der Waals surface area contributed by atoms with Crippen LogP contribution in [0.25, 0.3) is 10.8 Å². The Balaban J connectivity index is 1.69. The highest BCUT2D eigenvalue weighted by Gasteiger charge is 2.26. The van der Waals surface area contributed by atoms with E-state index in [-0.39, 0.29) is 0 Å². The van der Waals surface area contributed by atoms with E-state index in [0.717, 1.165) is 29.4 Å². The second-order valence-corrected chi connectivity index (χ2v) is 6.20. The van der Waals surface area contributed by atoms with Crippen LogP contribution in [0.15, 0.2) is 60.9 Å². The van der Waals surface area contributed by atoms with Gasteiger partial charge in [-0.1, -0.05) is 36.4 Å². The van der Waals surface area contributed by atoms with E-state index >= 15 is 0 Å². The number of likely N-dealkylation sites (tertiary alicyclic amines) is 1. The molecule has 0 saturated carbocycles. The first-order chi connectivity index (χ1) is 11.3. The monoisotopic (exact) mass is 304 g/mol. The molecule has 1 aliphatic rings. The van der Waals surface area contributed by atoms with Gasteiger partial charge in [-0.3, -0.25) is 9.88 Å². The molecular formula is C20H20N2O. The SMILES string of the molecule is Oc1ccc2ccncc2c1CN1CCC[C@H]1c1ccccc1. The number of benzene rings is 2. The van der Waals surface area contributed by atoms with Crippen LogP contribution < -0.4 is 0 Å². The standard InChI is InChI=1S/C20H20N2O/c23-20-9-8-15-10-11-21-13-17(15)18(20)14-22-12-4-7-19(22)16-5-2-1-3-6-16/h1-3,5-6,8-11,13,19,23H,4,7,12,14H2/t19-/m0/s1. The van der Waals surface area contributed by atoms with Crippen LogP contribution >= 0.6 is 0 Å². The molecule has 1 saturated heterocycles. The summed E-state index contributed by atoms with van der Waals surface area (Å²) in [6.07, 6.45) is 6.03. The summed E-state index contributed by atoms with van der Waals surface area (Å²) in [5, 5.41) is 12.5. The molecule has 1 atom stereocenters. The zero-order valence-electron chi connectivity index (χ0n) is 13.0. The lowest BCUT2D eigenvalue weighted by atomic mass is 10.0. The number of fused-ring (bicyclic) bond motifs is 1. The van der Waals surface area contributed by atoms with Gasteiger partial charge in [-0.15, -0.1) is 0 Å². The Morgan fingerprint density at radius 1 is 1.09 bits per heavy atom. The largest absolute Gasteiger partial charge is 0.508 e. The van der Waals surface area contributed by atoms with Gasteiger partial charge in [0.05, 0.1) is 0 Å². The number of pyridine rings is 1. The third-order valence-electron chi connectivity index (χ3n) is 4.82. The molecule has 0 spiro atoms. The Labute approximate surface area is 136 Å². The van der Waals surface area contributed by atoms with E-state index in [2.05, 4.69) is 40.2 Å². The van der Waals surface area contributed by atoms with E-state index in [1.165, 1.54) is 18.4 Å². The molecule has 0 bridgehead atoms. The van der Waals surface area contributed by atoms with Gasteiger partial charge in [-0.2, -0.15) is 0 Å². The first kappa shape index (κ1) is 14.2. The zero-order valence-corrected chi connectivity index (χ0v) is 13.0. The third-order valence-corrected chi connectivity index (χ3v) is 4.82. The van der Waals surface area contributed by atoms with E-state index in [1.807, 2.05) is 18.3 Å². The predicted molar refractivity (Wildman–Crippen MR) is 92.2 cm³/mol. The van der Waals surface area contributed by atoms with Crippen molar-refractivity contribution >= 4 is 10.8 Å². The molecule has 2 heterocycles. The number of aromatic hydroxyl groups is 1. The van der Waals surface area contributed by atoms with E-state index in [9.17, 15) is 5.11 Å². The molecular weight excluding hydrogens is 284 g/mol. The third kappa shape index (κ3) is 2.68. The number of hydrogen-bond donors (Lipinski definition) is 1. The summed E-state index contributed by atoms with van der Waals surface area (Å²) in [5.74, 6) is 0.365. The topological polar surface area (TPSA) is 36.4 Å². The fourth-order valence-corrected chi connectivity index (χ4v) is 3.65. The highest BCUT2D eigenvalue weighted by Crippen LogP contribution is 2.36. The minimum absolute atomic E-state index is 0.365. The molecule has 116 valence electrons. The minimum atomic E-state index is 0.365. The summed E-state index contributed by atoms with van der Waals surface area (Å²) in [6, 6.07) is 16.8. The highest BCUT2D eigenvalue weighted by molar-refractivity contribution is 5.86. The molecule has 2 aromatic carbocycles. The molecule has 0 radical (unpaired) electrons. The van der Waals surface area contributed by atoms with Crippen molar-refractivity contribution in [2.24, 2.45) is 0 Å². The average Bonchev–Trinajstić information content (AvgIpc) is 3.06. The van der Waals surface area contributed by atoms with E-state index in [0.29, 0.717) is 11.8 Å². The van der Waals surface area contributed by atoms with Crippen LogP contribution in [0.4, 0.5) is 0 Å². The van der Waals surface area contributed by atoms with Gasteiger partial charge in [0.15, 0.2) is 0 Å². The smallest absolute Gasteiger partial charge is 0.120 e. The van der Waals surface area contributed by atoms with Crippen molar-refractivity contribution < 1.29 is 5.11 Å². The molecule has 1 aliphatic heterocycles. The van der Waals surface area contributed by atoms with E-state index in [1.54, 1.807) is 12.3 Å². The van der Waals surface area contributed by atoms with Gasteiger partial charge in [0.2, 0.25) is 0 Å². The first-order valence-corrected chi connectivity index (χ1v) is 8.16.